The summed E-state index contributed by atoms with van der Waals surface area (Å²) in [5.74, 6) is 0.111. The van der Waals surface area contributed by atoms with Gasteiger partial charge in [0.2, 0.25) is 5.91 Å². The van der Waals surface area contributed by atoms with Crippen molar-refractivity contribution < 1.29 is 14.0 Å². The fraction of sp³-hybridized carbons (Fsp3) is 0.391. The molecule has 2 aromatic carbocycles. The van der Waals surface area contributed by atoms with E-state index in [4.69, 9.17) is 0 Å². The Balaban J connectivity index is 1.55. The predicted molar refractivity (Wildman–Crippen MR) is 109 cm³/mol. The Kier molecular flexibility index (Phi) is 5.26. The number of hydrogen-bond acceptors (Lipinski definition) is 2. The molecule has 0 unspecified atom stereocenters. The summed E-state index contributed by atoms with van der Waals surface area (Å²) in [5, 5.41) is 0. The molecule has 0 N–H and O–H groups in total. The Morgan fingerprint density at radius 2 is 1.79 bits per heavy atom. The summed E-state index contributed by atoms with van der Waals surface area (Å²) in [7, 11) is 3.46. The highest BCUT2D eigenvalue weighted by Crippen LogP contribution is 2.45. The maximum absolute atomic E-state index is 13.9. The van der Waals surface area contributed by atoms with Crippen LogP contribution in [0.5, 0.6) is 0 Å². The minimum atomic E-state index is -0.307. The molecule has 6 heteroatoms. The molecule has 3 atom stereocenters. The molecule has 0 bridgehead atoms. The molecular formula is C23H26FN3O2. The summed E-state index contributed by atoms with van der Waals surface area (Å²) < 4.78 is 13.9. The average molecular weight is 395 g/mol. The summed E-state index contributed by atoms with van der Waals surface area (Å²) in [6.07, 6.45) is 0.380. The molecule has 2 heterocycles. The third-order valence-electron chi connectivity index (χ3n) is 6.03. The van der Waals surface area contributed by atoms with Crippen LogP contribution in [0.2, 0.25) is 0 Å². The van der Waals surface area contributed by atoms with Gasteiger partial charge in [-0.2, -0.15) is 0 Å². The molecule has 5 nitrogen and oxygen atoms in total. The third-order valence-corrected chi connectivity index (χ3v) is 6.03. The zero-order valence-corrected chi connectivity index (χ0v) is 16.8. The van der Waals surface area contributed by atoms with Gasteiger partial charge in [0.05, 0.1) is 12.5 Å². The van der Waals surface area contributed by atoms with Crippen LogP contribution >= 0.6 is 0 Å². The number of halogens is 1. The topological polar surface area (TPSA) is 43.9 Å². The maximum atomic E-state index is 13.9. The van der Waals surface area contributed by atoms with E-state index in [1.54, 1.807) is 25.1 Å². The van der Waals surface area contributed by atoms with E-state index < -0.39 is 0 Å². The van der Waals surface area contributed by atoms with Crippen LogP contribution in [0.15, 0.2) is 54.6 Å². The molecule has 0 radical (unpaired) electrons. The molecule has 4 rings (SSSR count). The summed E-state index contributed by atoms with van der Waals surface area (Å²) >= 11 is 0. The zero-order chi connectivity index (χ0) is 20.5. The maximum Gasteiger partial charge on any atom is 0.320 e. The lowest BCUT2D eigenvalue weighted by Crippen LogP contribution is -2.42. The Labute approximate surface area is 170 Å². The number of hydrogen-bond donors (Lipinski definition) is 0. The second-order valence-electron chi connectivity index (χ2n) is 8.21. The van der Waals surface area contributed by atoms with Gasteiger partial charge in [-0.05, 0) is 23.3 Å². The highest BCUT2D eigenvalue weighted by atomic mass is 19.1. The van der Waals surface area contributed by atoms with Crippen molar-refractivity contribution in [1.29, 1.82) is 0 Å². The normalized spacial score (nSPS) is 23.2. The lowest BCUT2D eigenvalue weighted by Gasteiger charge is -2.32. The summed E-state index contributed by atoms with van der Waals surface area (Å²) in [5.41, 5.74) is 1.80. The Hall–Kier alpha value is -2.89. The fourth-order valence-electron chi connectivity index (χ4n) is 4.70. The van der Waals surface area contributed by atoms with Crippen molar-refractivity contribution in [3.05, 3.63) is 71.5 Å². The predicted octanol–water partition coefficient (Wildman–Crippen LogP) is 3.18. The van der Waals surface area contributed by atoms with Crippen LogP contribution in [0.25, 0.3) is 0 Å². The van der Waals surface area contributed by atoms with E-state index in [0.29, 0.717) is 26.1 Å². The SMILES string of the molecule is CN(C)C(=O)N1C[C@H]2CN(C(=O)Cc3ccccc3)C[C@H]2[C@H]1c1cccc(F)c1. The standard InChI is InChI=1S/C23H26FN3O2/c1-25(2)23(29)27-14-18-13-26(21(28)11-16-7-4-3-5-8-16)15-20(18)22(27)17-9-6-10-19(24)12-17/h3-10,12,18,20,22H,11,13-15H2,1-2H3/t18-,20-,22-/m1/s1. The minimum absolute atomic E-state index is 0.0733. The van der Waals surface area contributed by atoms with Crippen molar-refractivity contribution in [2.75, 3.05) is 33.7 Å². The summed E-state index contributed by atoms with van der Waals surface area (Å²) in [6.45, 7) is 1.81. The third kappa shape index (κ3) is 3.84. The van der Waals surface area contributed by atoms with E-state index >= 15 is 0 Å². The largest absolute Gasteiger partial charge is 0.342 e. The van der Waals surface area contributed by atoms with Gasteiger partial charge in [-0.1, -0.05) is 42.5 Å². The van der Waals surface area contributed by atoms with Gasteiger partial charge in [0, 0.05) is 45.6 Å². The zero-order valence-electron chi connectivity index (χ0n) is 16.8. The van der Waals surface area contributed by atoms with Crippen LogP contribution in [0.3, 0.4) is 0 Å². The van der Waals surface area contributed by atoms with Crippen LogP contribution in [-0.2, 0) is 11.2 Å². The highest BCUT2D eigenvalue weighted by Gasteiger charge is 2.50. The first kappa shape index (κ1) is 19.4. The summed E-state index contributed by atoms with van der Waals surface area (Å²) in [6, 6.07) is 15.9. The molecule has 0 spiro atoms. The molecule has 0 aliphatic carbocycles. The second-order valence-corrected chi connectivity index (χ2v) is 8.21. The van der Waals surface area contributed by atoms with Crippen LogP contribution in [0.4, 0.5) is 9.18 Å². The fourth-order valence-corrected chi connectivity index (χ4v) is 4.70. The van der Waals surface area contributed by atoms with Crippen molar-refractivity contribution in [3.8, 4) is 0 Å². The molecule has 0 saturated carbocycles. The first-order valence-corrected chi connectivity index (χ1v) is 9.99. The van der Waals surface area contributed by atoms with E-state index in [-0.39, 0.29) is 35.6 Å². The molecule has 2 aromatic rings. The average Bonchev–Trinajstić information content (AvgIpc) is 3.26. The van der Waals surface area contributed by atoms with Crippen LogP contribution in [0.1, 0.15) is 17.2 Å². The lowest BCUT2D eigenvalue weighted by atomic mass is 9.89. The van der Waals surface area contributed by atoms with Gasteiger partial charge in [0.1, 0.15) is 5.82 Å². The van der Waals surface area contributed by atoms with Crippen molar-refractivity contribution >= 4 is 11.9 Å². The van der Waals surface area contributed by atoms with E-state index in [2.05, 4.69) is 0 Å². The quantitative estimate of drug-likeness (QED) is 0.801. The van der Waals surface area contributed by atoms with Gasteiger partial charge in [-0.15, -0.1) is 0 Å². The van der Waals surface area contributed by atoms with E-state index in [1.165, 1.54) is 12.1 Å². The van der Waals surface area contributed by atoms with E-state index in [9.17, 15) is 14.0 Å². The van der Waals surface area contributed by atoms with Gasteiger partial charge in [-0.3, -0.25) is 4.79 Å². The van der Waals surface area contributed by atoms with Gasteiger partial charge < -0.3 is 14.7 Å². The Bertz CT molecular complexity index is 902. The van der Waals surface area contributed by atoms with Crippen LogP contribution in [0, 0.1) is 17.7 Å². The molecule has 3 amide bonds. The number of urea groups is 1. The second kappa shape index (κ2) is 7.85. The molecule has 0 aromatic heterocycles. The van der Waals surface area contributed by atoms with Crippen molar-refractivity contribution in [2.24, 2.45) is 11.8 Å². The smallest absolute Gasteiger partial charge is 0.320 e. The number of rotatable bonds is 3. The number of amides is 3. The Morgan fingerprint density at radius 3 is 2.48 bits per heavy atom. The molecular weight excluding hydrogens is 369 g/mol. The minimum Gasteiger partial charge on any atom is -0.342 e. The van der Waals surface area contributed by atoms with E-state index in [0.717, 1.165) is 11.1 Å². The molecule has 2 saturated heterocycles. The number of benzene rings is 2. The molecule has 29 heavy (non-hydrogen) atoms. The number of carbonyl (C=O) groups excluding carboxylic acids is 2. The van der Waals surface area contributed by atoms with Crippen molar-refractivity contribution in [1.82, 2.24) is 14.7 Å². The van der Waals surface area contributed by atoms with E-state index in [1.807, 2.05) is 46.2 Å². The van der Waals surface area contributed by atoms with Crippen molar-refractivity contribution in [2.45, 2.75) is 12.5 Å². The number of fused-ring (bicyclic) bond motifs is 1. The van der Waals surface area contributed by atoms with Crippen LogP contribution < -0.4 is 0 Å². The molecule has 2 aliphatic heterocycles. The number of carbonyl (C=O) groups is 2. The number of likely N-dealkylation sites (tertiary alicyclic amines) is 2. The van der Waals surface area contributed by atoms with Crippen LogP contribution in [-0.4, -0.2) is 60.4 Å². The van der Waals surface area contributed by atoms with Gasteiger partial charge in [0.15, 0.2) is 0 Å². The summed E-state index contributed by atoms with van der Waals surface area (Å²) in [4.78, 5) is 30.9. The Morgan fingerprint density at radius 1 is 1.03 bits per heavy atom. The van der Waals surface area contributed by atoms with Crippen molar-refractivity contribution in [3.63, 3.8) is 0 Å². The number of nitrogens with zero attached hydrogens (tertiary/aromatic N) is 3. The lowest BCUT2D eigenvalue weighted by molar-refractivity contribution is -0.129. The highest BCUT2D eigenvalue weighted by molar-refractivity contribution is 5.79. The molecule has 2 fully saturated rings. The monoisotopic (exact) mass is 395 g/mol. The first-order valence-electron chi connectivity index (χ1n) is 9.99. The first-order chi connectivity index (χ1) is 13.9. The van der Waals surface area contributed by atoms with Gasteiger partial charge >= 0.3 is 6.03 Å². The van der Waals surface area contributed by atoms with Gasteiger partial charge in [0.25, 0.3) is 0 Å². The molecule has 152 valence electrons. The van der Waals surface area contributed by atoms with Gasteiger partial charge in [-0.25, -0.2) is 9.18 Å². The molecule has 2 aliphatic rings.